The lowest BCUT2D eigenvalue weighted by Crippen LogP contribution is -2.39. The van der Waals surface area contributed by atoms with Crippen LogP contribution in [0.1, 0.15) is 52.9 Å². The minimum absolute atomic E-state index is 0.00610. The molecule has 1 fully saturated rings. The van der Waals surface area contributed by atoms with E-state index in [1.54, 1.807) is 4.90 Å². The summed E-state index contributed by atoms with van der Waals surface area (Å²) in [6, 6.07) is 0. The van der Waals surface area contributed by atoms with Crippen molar-refractivity contribution >= 4 is 17.8 Å². The minimum Gasteiger partial charge on any atom is -0.473 e. The Kier molecular flexibility index (Phi) is 6.63. The largest absolute Gasteiger partial charge is 0.473 e. The number of ether oxygens (including phenoxy) is 2. The molecule has 6 nitrogen and oxygen atoms in total. The highest BCUT2D eigenvalue weighted by molar-refractivity contribution is 6.36. The third-order valence-corrected chi connectivity index (χ3v) is 4.34. The predicted molar refractivity (Wildman–Crippen MR) is 92.2 cm³/mol. The van der Waals surface area contributed by atoms with Crippen LogP contribution in [0.25, 0.3) is 0 Å². The molecule has 0 spiro atoms. The van der Waals surface area contributed by atoms with Crippen molar-refractivity contribution in [2.45, 2.75) is 52.9 Å². The number of carbonyl (C=O) groups is 2. The van der Waals surface area contributed by atoms with E-state index in [-0.39, 0.29) is 17.3 Å². The Hall–Kier alpha value is -1.59. The number of ketones is 1. The molecule has 0 aromatic carbocycles. The highest BCUT2D eigenvalue weighted by Crippen LogP contribution is 2.24. The Morgan fingerprint density at radius 2 is 2.00 bits per heavy atom. The Balaban J connectivity index is 1.60. The summed E-state index contributed by atoms with van der Waals surface area (Å²) in [4.78, 5) is 29.7. The molecule has 0 radical (unpaired) electrons. The molecule has 0 saturated carbocycles. The second-order valence-corrected chi connectivity index (χ2v) is 7.90. The zero-order valence-electron chi connectivity index (χ0n) is 15.2. The van der Waals surface area contributed by atoms with Gasteiger partial charge in [0.1, 0.15) is 6.61 Å². The summed E-state index contributed by atoms with van der Waals surface area (Å²) in [6.45, 7) is 9.23. The lowest BCUT2D eigenvalue weighted by Gasteiger charge is -2.32. The Morgan fingerprint density at radius 1 is 1.29 bits per heavy atom. The van der Waals surface area contributed by atoms with Crippen LogP contribution < -0.4 is 0 Å². The van der Waals surface area contributed by atoms with Crippen molar-refractivity contribution in [3.05, 3.63) is 0 Å². The van der Waals surface area contributed by atoms with Crippen LogP contribution in [-0.2, 0) is 14.3 Å². The summed E-state index contributed by atoms with van der Waals surface area (Å²) in [6.07, 6.45) is 4.15. The van der Waals surface area contributed by atoms with E-state index in [1.165, 1.54) is 0 Å². The van der Waals surface area contributed by atoms with Gasteiger partial charge in [0.25, 0.3) is 5.90 Å². The summed E-state index contributed by atoms with van der Waals surface area (Å²) in [7, 11) is 0. The third kappa shape index (κ3) is 6.13. The van der Waals surface area contributed by atoms with Crippen molar-refractivity contribution in [2.24, 2.45) is 16.3 Å². The molecule has 2 aliphatic heterocycles. The zero-order valence-corrected chi connectivity index (χ0v) is 15.2. The number of likely N-dealkylation sites (tertiary alicyclic amines) is 1. The van der Waals surface area contributed by atoms with E-state index in [0.29, 0.717) is 38.0 Å². The molecule has 0 aliphatic carbocycles. The first-order chi connectivity index (χ1) is 11.3. The van der Waals surface area contributed by atoms with Crippen LogP contribution in [0.3, 0.4) is 0 Å². The van der Waals surface area contributed by atoms with Gasteiger partial charge in [0, 0.05) is 19.5 Å². The van der Waals surface area contributed by atoms with E-state index >= 15 is 0 Å². The summed E-state index contributed by atoms with van der Waals surface area (Å²) in [5.41, 5.74) is -0.00610. The van der Waals surface area contributed by atoms with Gasteiger partial charge in [-0.25, -0.2) is 9.79 Å². The van der Waals surface area contributed by atoms with Crippen molar-refractivity contribution < 1.29 is 19.1 Å². The van der Waals surface area contributed by atoms with Gasteiger partial charge in [0.2, 0.25) is 5.78 Å². The maximum absolute atomic E-state index is 12.0. The van der Waals surface area contributed by atoms with Crippen LogP contribution in [0.4, 0.5) is 4.79 Å². The topological polar surface area (TPSA) is 68.2 Å². The van der Waals surface area contributed by atoms with Gasteiger partial charge in [-0.1, -0.05) is 20.8 Å². The molecule has 24 heavy (non-hydrogen) atoms. The SMILES string of the molecule is CC(C)(C)COC(=O)N1CCC(CCCC(=O)C2=NCCO2)CC1. The van der Waals surface area contributed by atoms with Crippen LogP contribution in [0, 0.1) is 11.3 Å². The van der Waals surface area contributed by atoms with Crippen molar-refractivity contribution in [2.75, 3.05) is 32.8 Å². The van der Waals surface area contributed by atoms with E-state index < -0.39 is 0 Å². The molecule has 6 heteroatoms. The van der Waals surface area contributed by atoms with Gasteiger partial charge < -0.3 is 14.4 Å². The number of aliphatic imine (C=N–C) groups is 1. The number of Topliss-reactive ketones (excluding diaryl/α,β-unsaturated/α-hetero) is 1. The van der Waals surface area contributed by atoms with Crippen LogP contribution in [0.2, 0.25) is 0 Å². The van der Waals surface area contributed by atoms with E-state index in [0.717, 1.165) is 38.8 Å². The smallest absolute Gasteiger partial charge is 0.409 e. The van der Waals surface area contributed by atoms with Crippen molar-refractivity contribution in [3.8, 4) is 0 Å². The molecule has 0 N–H and O–H groups in total. The number of nitrogens with zero attached hydrogens (tertiary/aromatic N) is 2. The normalized spacial score (nSPS) is 19.0. The molecule has 0 atom stereocenters. The monoisotopic (exact) mass is 338 g/mol. The lowest BCUT2D eigenvalue weighted by atomic mass is 9.91. The molecule has 0 unspecified atom stereocenters. The van der Waals surface area contributed by atoms with Crippen molar-refractivity contribution in [1.82, 2.24) is 4.90 Å². The molecule has 0 aromatic heterocycles. The molecule has 0 aromatic rings. The van der Waals surface area contributed by atoms with Gasteiger partial charge in [0.05, 0.1) is 13.2 Å². The summed E-state index contributed by atoms with van der Waals surface area (Å²) in [5.74, 6) is 0.915. The van der Waals surface area contributed by atoms with Gasteiger partial charge in [0.15, 0.2) is 0 Å². The molecule has 0 bridgehead atoms. The molecular formula is C18H30N2O4. The number of amides is 1. The summed E-state index contributed by atoms with van der Waals surface area (Å²) < 4.78 is 10.6. The lowest BCUT2D eigenvalue weighted by molar-refractivity contribution is -0.114. The fourth-order valence-electron chi connectivity index (χ4n) is 2.94. The first kappa shape index (κ1) is 18.7. The molecule has 2 aliphatic rings. The molecule has 2 heterocycles. The maximum Gasteiger partial charge on any atom is 0.409 e. The van der Waals surface area contributed by atoms with Gasteiger partial charge in [-0.3, -0.25) is 4.79 Å². The number of piperidine rings is 1. The van der Waals surface area contributed by atoms with Crippen molar-refractivity contribution in [1.29, 1.82) is 0 Å². The summed E-state index contributed by atoms with van der Waals surface area (Å²) in [5, 5.41) is 0. The standard InChI is InChI=1S/C18H30N2O4/c1-18(2,3)13-24-17(22)20-10-7-14(8-11-20)5-4-6-15(21)16-19-9-12-23-16/h14H,4-13H2,1-3H3. The molecular weight excluding hydrogens is 308 g/mol. The zero-order chi connectivity index (χ0) is 17.6. The van der Waals surface area contributed by atoms with Crippen molar-refractivity contribution in [3.63, 3.8) is 0 Å². The fraction of sp³-hybridized carbons (Fsp3) is 0.833. The Morgan fingerprint density at radius 3 is 2.58 bits per heavy atom. The number of hydrogen-bond donors (Lipinski definition) is 0. The predicted octanol–water partition coefficient (Wildman–Crippen LogP) is 3.05. The first-order valence-electron chi connectivity index (χ1n) is 8.97. The van der Waals surface area contributed by atoms with Gasteiger partial charge in [-0.2, -0.15) is 0 Å². The second-order valence-electron chi connectivity index (χ2n) is 7.90. The highest BCUT2D eigenvalue weighted by Gasteiger charge is 2.25. The van der Waals surface area contributed by atoms with Crippen LogP contribution in [0.5, 0.6) is 0 Å². The first-order valence-corrected chi connectivity index (χ1v) is 8.97. The Labute approximate surface area is 144 Å². The van der Waals surface area contributed by atoms with Crippen LogP contribution >= 0.6 is 0 Å². The molecule has 2 rings (SSSR count). The quantitative estimate of drug-likeness (QED) is 0.746. The number of hydrogen-bond acceptors (Lipinski definition) is 5. The van der Waals surface area contributed by atoms with E-state index in [1.807, 2.05) is 0 Å². The molecule has 136 valence electrons. The van der Waals surface area contributed by atoms with Crippen LogP contribution in [-0.4, -0.2) is 55.5 Å². The van der Waals surface area contributed by atoms with E-state index in [4.69, 9.17) is 9.47 Å². The number of rotatable bonds is 6. The van der Waals surface area contributed by atoms with E-state index in [9.17, 15) is 9.59 Å². The minimum atomic E-state index is -0.199. The van der Waals surface area contributed by atoms with Crippen LogP contribution in [0.15, 0.2) is 4.99 Å². The van der Waals surface area contributed by atoms with E-state index in [2.05, 4.69) is 25.8 Å². The third-order valence-electron chi connectivity index (χ3n) is 4.34. The van der Waals surface area contributed by atoms with Gasteiger partial charge >= 0.3 is 6.09 Å². The average Bonchev–Trinajstić information content (AvgIpc) is 3.07. The average molecular weight is 338 g/mol. The maximum atomic E-state index is 12.0. The summed E-state index contributed by atoms with van der Waals surface area (Å²) >= 11 is 0. The Bertz CT molecular complexity index is 474. The van der Waals surface area contributed by atoms with Gasteiger partial charge in [-0.05, 0) is 37.0 Å². The fourth-order valence-corrected chi connectivity index (χ4v) is 2.94. The second kappa shape index (κ2) is 8.49. The van der Waals surface area contributed by atoms with Gasteiger partial charge in [-0.15, -0.1) is 0 Å². The highest BCUT2D eigenvalue weighted by atomic mass is 16.6. The molecule has 1 saturated heterocycles. The number of carbonyl (C=O) groups excluding carboxylic acids is 2. The molecule has 1 amide bonds.